The maximum Gasteiger partial charge on any atom is 0.435 e. The molecular formula is C12H8ClF4N3OS. The number of rotatable bonds is 3. The molecule has 0 radical (unpaired) electrons. The fourth-order valence-corrected chi connectivity index (χ4v) is 2.57. The van der Waals surface area contributed by atoms with Gasteiger partial charge in [0, 0.05) is 11.6 Å². The summed E-state index contributed by atoms with van der Waals surface area (Å²) in [6, 6.07) is 3.48. The number of nitrogens with one attached hydrogen (secondary N) is 1. The van der Waals surface area contributed by atoms with Gasteiger partial charge in [0.15, 0.2) is 10.8 Å². The molecule has 22 heavy (non-hydrogen) atoms. The molecule has 0 aliphatic rings. The topological polar surface area (TPSA) is 68.0 Å². The number of benzene rings is 1. The second-order valence-electron chi connectivity index (χ2n) is 4.15. The molecule has 1 aromatic heterocycles. The summed E-state index contributed by atoms with van der Waals surface area (Å²) in [7, 11) is 0. The van der Waals surface area contributed by atoms with Crippen molar-refractivity contribution in [1.82, 2.24) is 10.3 Å². The largest absolute Gasteiger partial charge is 0.435 e. The molecular weight excluding hydrogens is 346 g/mol. The highest BCUT2D eigenvalue weighted by Gasteiger charge is 2.39. The number of thiazole rings is 1. The zero-order valence-corrected chi connectivity index (χ0v) is 12.2. The van der Waals surface area contributed by atoms with Gasteiger partial charge in [-0.1, -0.05) is 22.9 Å². The number of anilines is 1. The van der Waals surface area contributed by atoms with Gasteiger partial charge in [-0.2, -0.15) is 13.2 Å². The summed E-state index contributed by atoms with van der Waals surface area (Å²) in [5.41, 5.74) is 4.11. The standard InChI is InChI=1S/C12H8ClF4N3OS/c13-7-2-1-6(14)3-5(7)4-19-10(21)8-9(12(15,16)17)20-11(18)22-8/h1-3H,4H2,(H2,18,20)(H,19,21). The molecule has 0 atom stereocenters. The van der Waals surface area contributed by atoms with E-state index in [4.69, 9.17) is 17.3 Å². The third kappa shape index (κ3) is 3.66. The highest BCUT2D eigenvalue weighted by molar-refractivity contribution is 7.17. The molecule has 1 aromatic carbocycles. The fraction of sp³-hybridized carbons (Fsp3) is 0.167. The Kier molecular flexibility index (Phi) is 4.57. The number of hydrogen-bond acceptors (Lipinski definition) is 4. The Morgan fingerprint density at radius 1 is 1.41 bits per heavy atom. The normalized spacial score (nSPS) is 11.5. The van der Waals surface area contributed by atoms with Gasteiger partial charge in [-0.3, -0.25) is 4.79 Å². The lowest BCUT2D eigenvalue weighted by atomic mass is 10.2. The molecule has 0 saturated heterocycles. The van der Waals surface area contributed by atoms with Crippen LogP contribution in [0, 0.1) is 5.82 Å². The Labute approximate surface area is 130 Å². The van der Waals surface area contributed by atoms with Crippen LogP contribution in [0.3, 0.4) is 0 Å². The van der Waals surface area contributed by atoms with E-state index in [1.807, 2.05) is 0 Å². The SMILES string of the molecule is Nc1nc(C(F)(F)F)c(C(=O)NCc2cc(F)ccc2Cl)s1. The minimum atomic E-state index is -4.79. The molecule has 4 nitrogen and oxygen atoms in total. The smallest absolute Gasteiger partial charge is 0.375 e. The van der Waals surface area contributed by atoms with Gasteiger partial charge in [0.25, 0.3) is 5.91 Å². The third-order valence-corrected chi connectivity index (χ3v) is 3.82. The van der Waals surface area contributed by atoms with Gasteiger partial charge < -0.3 is 11.1 Å². The molecule has 2 aromatic rings. The van der Waals surface area contributed by atoms with E-state index in [0.717, 1.165) is 12.1 Å². The average Bonchev–Trinajstić information content (AvgIpc) is 2.82. The first-order valence-corrected chi connectivity index (χ1v) is 6.93. The van der Waals surface area contributed by atoms with E-state index in [-0.39, 0.29) is 22.3 Å². The number of hydrogen-bond donors (Lipinski definition) is 2. The van der Waals surface area contributed by atoms with Crippen molar-refractivity contribution >= 4 is 34.0 Å². The van der Waals surface area contributed by atoms with Crippen molar-refractivity contribution in [3.8, 4) is 0 Å². The molecule has 118 valence electrons. The van der Waals surface area contributed by atoms with E-state index in [9.17, 15) is 22.4 Å². The predicted molar refractivity (Wildman–Crippen MR) is 74.1 cm³/mol. The van der Waals surface area contributed by atoms with E-state index < -0.39 is 28.5 Å². The zero-order chi connectivity index (χ0) is 16.5. The molecule has 0 saturated carbocycles. The number of carbonyl (C=O) groups is 1. The summed E-state index contributed by atoms with van der Waals surface area (Å²) >= 11 is 6.23. The van der Waals surface area contributed by atoms with E-state index in [0.29, 0.717) is 11.3 Å². The molecule has 0 bridgehead atoms. The summed E-state index contributed by atoms with van der Waals surface area (Å²) < 4.78 is 51.3. The molecule has 0 spiro atoms. The van der Waals surface area contributed by atoms with Crippen LogP contribution in [0.1, 0.15) is 20.9 Å². The Bertz CT molecular complexity index is 717. The molecule has 0 unspecified atom stereocenters. The van der Waals surface area contributed by atoms with Crippen LogP contribution in [-0.4, -0.2) is 10.9 Å². The van der Waals surface area contributed by atoms with Crippen molar-refractivity contribution in [2.75, 3.05) is 5.73 Å². The number of nitrogens with zero attached hydrogens (tertiary/aromatic N) is 1. The van der Waals surface area contributed by atoms with Crippen LogP contribution in [0.2, 0.25) is 5.02 Å². The Morgan fingerprint density at radius 2 is 2.09 bits per heavy atom. The monoisotopic (exact) mass is 353 g/mol. The van der Waals surface area contributed by atoms with E-state index in [2.05, 4.69) is 10.3 Å². The maximum atomic E-state index is 13.1. The Balaban J connectivity index is 2.18. The quantitative estimate of drug-likeness (QED) is 0.830. The third-order valence-electron chi connectivity index (χ3n) is 2.57. The van der Waals surface area contributed by atoms with Gasteiger partial charge in [0.05, 0.1) is 0 Å². The van der Waals surface area contributed by atoms with Crippen LogP contribution < -0.4 is 11.1 Å². The number of nitrogens with two attached hydrogens (primary N) is 1. The van der Waals surface area contributed by atoms with Crippen LogP contribution >= 0.6 is 22.9 Å². The molecule has 0 fully saturated rings. The number of nitrogen functional groups attached to an aromatic ring is 1. The van der Waals surface area contributed by atoms with Crippen molar-refractivity contribution in [3.63, 3.8) is 0 Å². The van der Waals surface area contributed by atoms with Crippen molar-refractivity contribution < 1.29 is 22.4 Å². The molecule has 1 heterocycles. The summed E-state index contributed by atoms with van der Waals surface area (Å²) in [4.78, 5) is 14.3. The van der Waals surface area contributed by atoms with Crippen molar-refractivity contribution in [3.05, 3.63) is 45.2 Å². The van der Waals surface area contributed by atoms with E-state index in [1.54, 1.807) is 0 Å². The van der Waals surface area contributed by atoms with Gasteiger partial charge in [-0.05, 0) is 23.8 Å². The van der Waals surface area contributed by atoms with Crippen LogP contribution in [-0.2, 0) is 12.7 Å². The number of halogens is 5. The summed E-state index contributed by atoms with van der Waals surface area (Å²) in [6.45, 7) is -0.232. The minimum Gasteiger partial charge on any atom is -0.375 e. The van der Waals surface area contributed by atoms with Crippen molar-refractivity contribution in [2.24, 2.45) is 0 Å². The zero-order valence-electron chi connectivity index (χ0n) is 10.7. The first-order valence-electron chi connectivity index (χ1n) is 5.74. The lowest BCUT2D eigenvalue weighted by Crippen LogP contribution is -2.25. The molecule has 1 amide bonds. The summed E-state index contributed by atoms with van der Waals surface area (Å²) in [5.74, 6) is -1.59. The van der Waals surface area contributed by atoms with Gasteiger partial charge in [0.1, 0.15) is 10.7 Å². The summed E-state index contributed by atoms with van der Waals surface area (Å²) in [5, 5.41) is 2.04. The van der Waals surface area contributed by atoms with Gasteiger partial charge in [-0.15, -0.1) is 0 Å². The Morgan fingerprint density at radius 3 is 2.73 bits per heavy atom. The highest BCUT2D eigenvalue weighted by atomic mass is 35.5. The van der Waals surface area contributed by atoms with Crippen molar-refractivity contribution in [1.29, 1.82) is 0 Å². The number of aromatic nitrogens is 1. The highest BCUT2D eigenvalue weighted by Crippen LogP contribution is 2.35. The lowest BCUT2D eigenvalue weighted by molar-refractivity contribution is -0.141. The second-order valence-corrected chi connectivity index (χ2v) is 5.58. The minimum absolute atomic E-state index is 0.182. The molecule has 3 N–H and O–H groups in total. The van der Waals surface area contributed by atoms with Gasteiger partial charge in [0.2, 0.25) is 0 Å². The van der Waals surface area contributed by atoms with E-state index in [1.165, 1.54) is 6.07 Å². The first-order chi connectivity index (χ1) is 10.2. The van der Waals surface area contributed by atoms with Crippen LogP contribution in [0.25, 0.3) is 0 Å². The lowest BCUT2D eigenvalue weighted by Gasteiger charge is -2.08. The predicted octanol–water partition coefficient (Wildman–Crippen LogP) is 3.47. The molecule has 10 heteroatoms. The average molecular weight is 354 g/mol. The van der Waals surface area contributed by atoms with E-state index >= 15 is 0 Å². The number of carbonyl (C=O) groups excluding carboxylic acids is 1. The second kappa shape index (κ2) is 6.09. The first kappa shape index (κ1) is 16.5. The van der Waals surface area contributed by atoms with Gasteiger partial charge >= 0.3 is 6.18 Å². The Hall–Kier alpha value is -1.87. The number of amides is 1. The summed E-state index contributed by atoms with van der Waals surface area (Å²) in [6.07, 6.45) is -4.79. The van der Waals surface area contributed by atoms with Crippen LogP contribution in [0.5, 0.6) is 0 Å². The molecule has 0 aliphatic carbocycles. The molecule has 2 rings (SSSR count). The van der Waals surface area contributed by atoms with Gasteiger partial charge in [-0.25, -0.2) is 9.37 Å². The van der Waals surface area contributed by atoms with Crippen LogP contribution in [0.15, 0.2) is 18.2 Å². The number of alkyl halides is 3. The maximum absolute atomic E-state index is 13.1. The fourth-order valence-electron chi connectivity index (χ4n) is 1.62. The van der Waals surface area contributed by atoms with Crippen molar-refractivity contribution in [2.45, 2.75) is 12.7 Å². The molecule has 0 aliphatic heterocycles. The van der Waals surface area contributed by atoms with Crippen LogP contribution in [0.4, 0.5) is 22.7 Å².